The van der Waals surface area contributed by atoms with Gasteiger partial charge >= 0.3 is 0 Å². The van der Waals surface area contributed by atoms with Crippen LogP contribution in [0.5, 0.6) is 0 Å². The minimum absolute atomic E-state index is 0.467. The monoisotopic (exact) mass is 252 g/mol. The van der Waals surface area contributed by atoms with Crippen LogP contribution in [-0.2, 0) is 6.54 Å². The van der Waals surface area contributed by atoms with E-state index in [9.17, 15) is 0 Å². The third-order valence-corrected chi connectivity index (χ3v) is 4.99. The van der Waals surface area contributed by atoms with E-state index in [1.165, 1.54) is 41.0 Å². The first-order valence-electron chi connectivity index (χ1n) is 6.67. The second-order valence-electron chi connectivity index (χ2n) is 5.36. The first-order valence-corrected chi connectivity index (χ1v) is 7.49. The number of thiophene rings is 1. The van der Waals surface area contributed by atoms with Gasteiger partial charge in [-0.3, -0.25) is 0 Å². The lowest BCUT2D eigenvalue weighted by molar-refractivity contribution is 0.314. The van der Waals surface area contributed by atoms with Gasteiger partial charge in [0.15, 0.2) is 0 Å². The van der Waals surface area contributed by atoms with Crippen LogP contribution in [-0.4, -0.2) is 12.6 Å². The molecule has 0 unspecified atom stereocenters. The van der Waals surface area contributed by atoms with Crippen molar-refractivity contribution < 1.29 is 0 Å². The van der Waals surface area contributed by atoms with Gasteiger partial charge in [-0.05, 0) is 63.6 Å². The highest BCUT2D eigenvalue weighted by molar-refractivity contribution is 7.12. The van der Waals surface area contributed by atoms with E-state index in [0.717, 1.165) is 19.0 Å². The van der Waals surface area contributed by atoms with Crippen LogP contribution in [0.2, 0.25) is 0 Å². The van der Waals surface area contributed by atoms with Crippen LogP contribution < -0.4 is 11.1 Å². The standard InChI is InChI=1S/C14H24N2S/c1-10-7-14(17-11(10)2)9-16-8-12-3-5-13(15)6-4-12/h7,12-13,16H,3-6,8-9,15H2,1-2H3. The molecule has 0 atom stereocenters. The molecule has 96 valence electrons. The van der Waals surface area contributed by atoms with Crippen molar-refractivity contribution >= 4 is 11.3 Å². The molecule has 3 N–H and O–H groups in total. The van der Waals surface area contributed by atoms with E-state index in [4.69, 9.17) is 5.73 Å². The maximum atomic E-state index is 5.92. The SMILES string of the molecule is Cc1cc(CNCC2CCC(N)CC2)sc1C. The molecule has 0 spiro atoms. The van der Waals surface area contributed by atoms with Gasteiger partial charge in [0.1, 0.15) is 0 Å². The topological polar surface area (TPSA) is 38.0 Å². The number of hydrogen-bond acceptors (Lipinski definition) is 3. The molecule has 1 aliphatic rings. The predicted octanol–water partition coefficient (Wildman–Crippen LogP) is 2.97. The van der Waals surface area contributed by atoms with Crippen LogP contribution in [0.1, 0.15) is 41.0 Å². The van der Waals surface area contributed by atoms with Crippen molar-refractivity contribution in [3.8, 4) is 0 Å². The second kappa shape index (κ2) is 5.98. The van der Waals surface area contributed by atoms with Crippen molar-refractivity contribution in [3.05, 3.63) is 21.4 Å². The van der Waals surface area contributed by atoms with E-state index in [1.807, 2.05) is 11.3 Å². The third kappa shape index (κ3) is 3.80. The molecule has 0 saturated heterocycles. The number of hydrogen-bond donors (Lipinski definition) is 2. The first-order chi connectivity index (χ1) is 8.15. The lowest BCUT2D eigenvalue weighted by atomic mass is 9.86. The summed E-state index contributed by atoms with van der Waals surface area (Å²) in [7, 11) is 0. The zero-order valence-corrected chi connectivity index (χ0v) is 11.8. The Hall–Kier alpha value is -0.380. The molecule has 2 rings (SSSR count). The number of aryl methyl sites for hydroxylation is 2. The Labute approximate surface area is 109 Å². The van der Waals surface area contributed by atoms with Crippen LogP contribution in [0.4, 0.5) is 0 Å². The summed E-state index contributed by atoms with van der Waals surface area (Å²) >= 11 is 1.92. The molecule has 0 aromatic carbocycles. The van der Waals surface area contributed by atoms with Gasteiger partial charge in [0.05, 0.1) is 0 Å². The molecular weight excluding hydrogens is 228 g/mol. The van der Waals surface area contributed by atoms with Gasteiger partial charge < -0.3 is 11.1 Å². The third-order valence-electron chi connectivity index (χ3n) is 3.84. The summed E-state index contributed by atoms with van der Waals surface area (Å²) in [5, 5.41) is 3.60. The van der Waals surface area contributed by atoms with Crippen LogP contribution >= 0.6 is 11.3 Å². The van der Waals surface area contributed by atoms with Gasteiger partial charge in [0, 0.05) is 22.3 Å². The lowest BCUT2D eigenvalue weighted by Crippen LogP contribution is -2.31. The van der Waals surface area contributed by atoms with Gasteiger partial charge in [0.2, 0.25) is 0 Å². The van der Waals surface area contributed by atoms with Gasteiger partial charge in [-0.1, -0.05) is 0 Å². The Bertz CT molecular complexity index is 332. The van der Waals surface area contributed by atoms with Gasteiger partial charge in [-0.25, -0.2) is 0 Å². The summed E-state index contributed by atoms with van der Waals surface area (Å²) in [5.41, 5.74) is 7.34. The normalized spacial score (nSPS) is 25.1. The number of rotatable bonds is 4. The van der Waals surface area contributed by atoms with Crippen LogP contribution in [0.3, 0.4) is 0 Å². The fourth-order valence-electron chi connectivity index (χ4n) is 2.53. The van der Waals surface area contributed by atoms with Crippen LogP contribution in [0, 0.1) is 19.8 Å². The second-order valence-corrected chi connectivity index (χ2v) is 6.70. The van der Waals surface area contributed by atoms with E-state index in [0.29, 0.717) is 6.04 Å². The summed E-state index contributed by atoms with van der Waals surface area (Å²) < 4.78 is 0. The summed E-state index contributed by atoms with van der Waals surface area (Å²) in [6, 6.07) is 2.78. The van der Waals surface area contributed by atoms with Crippen molar-refractivity contribution in [2.75, 3.05) is 6.54 Å². The van der Waals surface area contributed by atoms with E-state index in [1.54, 1.807) is 0 Å². The fraction of sp³-hybridized carbons (Fsp3) is 0.714. The zero-order valence-electron chi connectivity index (χ0n) is 11.0. The molecule has 1 saturated carbocycles. The highest BCUT2D eigenvalue weighted by Gasteiger charge is 2.17. The fourth-order valence-corrected chi connectivity index (χ4v) is 3.55. The van der Waals surface area contributed by atoms with Crippen LogP contribution in [0.15, 0.2) is 6.07 Å². The lowest BCUT2D eigenvalue weighted by Gasteiger charge is -2.26. The highest BCUT2D eigenvalue weighted by Crippen LogP contribution is 2.23. The Morgan fingerprint density at radius 2 is 2.00 bits per heavy atom. The largest absolute Gasteiger partial charge is 0.328 e. The van der Waals surface area contributed by atoms with Crippen molar-refractivity contribution in [1.82, 2.24) is 5.32 Å². The molecule has 1 aliphatic carbocycles. The Kier molecular flexibility index (Phi) is 4.60. The molecular formula is C14H24N2S. The molecule has 17 heavy (non-hydrogen) atoms. The number of nitrogens with one attached hydrogen (secondary N) is 1. The van der Waals surface area contributed by atoms with Gasteiger partial charge in [0.25, 0.3) is 0 Å². The van der Waals surface area contributed by atoms with Crippen molar-refractivity contribution in [2.24, 2.45) is 11.7 Å². The molecule has 1 fully saturated rings. The molecule has 0 bridgehead atoms. The van der Waals surface area contributed by atoms with E-state index in [-0.39, 0.29) is 0 Å². The molecule has 0 radical (unpaired) electrons. The Morgan fingerprint density at radius 1 is 1.29 bits per heavy atom. The molecule has 0 amide bonds. The smallest absolute Gasteiger partial charge is 0.0300 e. The summed E-state index contributed by atoms with van der Waals surface area (Å²) in [5.74, 6) is 0.844. The van der Waals surface area contributed by atoms with Crippen LogP contribution in [0.25, 0.3) is 0 Å². The minimum Gasteiger partial charge on any atom is -0.328 e. The maximum absolute atomic E-state index is 5.92. The average Bonchev–Trinajstić information content (AvgIpc) is 2.61. The van der Waals surface area contributed by atoms with Crippen molar-refractivity contribution in [2.45, 2.75) is 52.1 Å². The average molecular weight is 252 g/mol. The number of nitrogens with two attached hydrogens (primary N) is 1. The first kappa shape index (κ1) is 13.1. The summed E-state index contributed by atoms with van der Waals surface area (Å²) in [6.07, 6.45) is 5.03. The minimum atomic E-state index is 0.467. The van der Waals surface area contributed by atoms with E-state index < -0.39 is 0 Å². The predicted molar refractivity (Wildman–Crippen MR) is 75.4 cm³/mol. The molecule has 0 aliphatic heterocycles. The van der Waals surface area contributed by atoms with Gasteiger partial charge in [-0.15, -0.1) is 11.3 Å². The highest BCUT2D eigenvalue weighted by atomic mass is 32.1. The zero-order chi connectivity index (χ0) is 12.3. The maximum Gasteiger partial charge on any atom is 0.0300 e. The molecule has 1 aromatic heterocycles. The molecule has 3 heteroatoms. The Morgan fingerprint density at radius 3 is 2.59 bits per heavy atom. The van der Waals surface area contributed by atoms with E-state index in [2.05, 4.69) is 25.2 Å². The quantitative estimate of drug-likeness (QED) is 0.864. The van der Waals surface area contributed by atoms with Crippen molar-refractivity contribution in [1.29, 1.82) is 0 Å². The van der Waals surface area contributed by atoms with Crippen molar-refractivity contribution in [3.63, 3.8) is 0 Å². The molecule has 1 aromatic rings. The Balaban J connectivity index is 1.69. The van der Waals surface area contributed by atoms with E-state index >= 15 is 0 Å². The molecule has 1 heterocycles. The summed E-state index contributed by atoms with van der Waals surface area (Å²) in [4.78, 5) is 2.91. The summed E-state index contributed by atoms with van der Waals surface area (Å²) in [6.45, 7) is 6.58. The van der Waals surface area contributed by atoms with Gasteiger partial charge in [-0.2, -0.15) is 0 Å². The molecule has 2 nitrogen and oxygen atoms in total.